The highest BCUT2D eigenvalue weighted by atomic mass is 32.1. The van der Waals surface area contributed by atoms with Crippen molar-refractivity contribution in [3.63, 3.8) is 0 Å². The summed E-state index contributed by atoms with van der Waals surface area (Å²) in [5, 5.41) is 61.1. The molecule has 6 aliphatic rings. The van der Waals surface area contributed by atoms with Gasteiger partial charge in [0.05, 0.1) is 52.0 Å². The third-order valence-corrected chi connectivity index (χ3v) is 20.4. The van der Waals surface area contributed by atoms with Crippen molar-refractivity contribution in [1.82, 2.24) is 34.5 Å². The number of nitrogens with zero attached hydrogens (tertiary/aromatic N) is 7. The maximum absolute atomic E-state index is 13.8. The number of para-hydroxylation sites is 1. The topological polar surface area (TPSA) is 351 Å². The van der Waals surface area contributed by atoms with Crippen molar-refractivity contribution in [2.75, 3.05) is 51.9 Å². The van der Waals surface area contributed by atoms with Gasteiger partial charge in [-0.3, -0.25) is 39.1 Å². The number of anilines is 1. The van der Waals surface area contributed by atoms with Crippen molar-refractivity contribution in [1.29, 1.82) is 0 Å². The quantitative estimate of drug-likeness (QED) is 0.0181. The van der Waals surface area contributed by atoms with E-state index in [2.05, 4.69) is 29.1 Å². The number of hydrogen-bond donors (Lipinski definition) is 6. The summed E-state index contributed by atoms with van der Waals surface area (Å²) in [6.07, 6.45) is 4.00. The number of imide groups is 1. The number of aromatic nitrogens is 5. The molecule has 4 bridgehead atoms. The zero-order valence-corrected chi connectivity index (χ0v) is 56.2. The Bertz CT molecular complexity index is 4220. The predicted molar refractivity (Wildman–Crippen MR) is 360 cm³/mol. The maximum atomic E-state index is 13.8. The normalized spacial score (nSPS) is 24.6. The van der Waals surface area contributed by atoms with Crippen LogP contribution in [0, 0.1) is 23.2 Å². The molecule has 27 heteroatoms. The van der Waals surface area contributed by atoms with Crippen LogP contribution in [0.2, 0.25) is 0 Å². The molecule has 4 aliphatic carbocycles. The molecular weight excluding hydrogens is 1300 g/mol. The van der Waals surface area contributed by atoms with E-state index in [4.69, 9.17) is 38.5 Å². The number of ketones is 1. The molecule has 0 radical (unpaired) electrons. The second-order valence-corrected chi connectivity index (χ2v) is 28.6. The fourth-order valence-electron chi connectivity index (χ4n) is 16.0. The third kappa shape index (κ3) is 15.5. The lowest BCUT2D eigenvalue weighted by Crippen LogP contribution is -2.64. The van der Waals surface area contributed by atoms with E-state index in [0.717, 1.165) is 54.4 Å². The van der Waals surface area contributed by atoms with Crippen molar-refractivity contribution in [3.8, 4) is 33.9 Å². The Balaban J connectivity index is 0.655. The van der Waals surface area contributed by atoms with Gasteiger partial charge < -0.3 is 58.9 Å². The first-order chi connectivity index (χ1) is 47.4. The van der Waals surface area contributed by atoms with Crippen molar-refractivity contribution < 1.29 is 87.5 Å². The number of nitrogens with one attached hydrogen (secondary N) is 1. The number of rotatable bonds is 30. The molecule has 99 heavy (non-hydrogen) atoms. The number of aliphatic carboxylic acids is 1. The number of fused-ring (bicyclic) bond motifs is 2. The van der Waals surface area contributed by atoms with Gasteiger partial charge in [0.1, 0.15) is 48.8 Å². The predicted octanol–water partition coefficient (Wildman–Crippen LogP) is 8.93. The zero-order valence-electron chi connectivity index (χ0n) is 55.4. The summed E-state index contributed by atoms with van der Waals surface area (Å²) in [5.41, 5.74) is 3.83. The highest BCUT2D eigenvalue weighted by Crippen LogP contribution is 2.72. The molecule has 6 N–H and O–H groups in total. The largest absolute Gasteiger partial charge is 0.491 e. The van der Waals surface area contributed by atoms with E-state index < -0.39 is 54.3 Å². The number of thiazole rings is 1. The van der Waals surface area contributed by atoms with E-state index in [-0.39, 0.29) is 95.5 Å². The van der Waals surface area contributed by atoms with Crippen LogP contribution in [0.25, 0.3) is 43.5 Å². The Kier molecular flexibility index (Phi) is 20.5. The number of carboxylic acids is 2. The summed E-state index contributed by atoms with van der Waals surface area (Å²) < 4.78 is 38.7. The van der Waals surface area contributed by atoms with Gasteiger partial charge in [0.25, 0.3) is 17.7 Å². The minimum atomic E-state index is -1.97. The Morgan fingerprint density at radius 3 is 2.30 bits per heavy atom. The van der Waals surface area contributed by atoms with Gasteiger partial charge in [-0.15, -0.1) is 0 Å². The monoisotopic (exact) mass is 1380 g/mol. The summed E-state index contributed by atoms with van der Waals surface area (Å²) in [6, 6.07) is 22.7. The van der Waals surface area contributed by atoms with Crippen molar-refractivity contribution in [3.05, 3.63) is 126 Å². The van der Waals surface area contributed by atoms with Gasteiger partial charge in [-0.2, -0.15) is 5.10 Å². The van der Waals surface area contributed by atoms with Crippen LogP contribution >= 0.6 is 11.3 Å². The van der Waals surface area contributed by atoms with Gasteiger partial charge in [-0.25, -0.2) is 24.4 Å². The molecule has 0 spiro atoms. The highest BCUT2D eigenvalue weighted by Gasteiger charge is 2.66. The van der Waals surface area contributed by atoms with E-state index in [0.29, 0.717) is 102 Å². The number of aliphatic hydroxyl groups excluding tert-OH is 3. The second-order valence-electron chi connectivity index (χ2n) is 27.6. The molecule has 7 atom stereocenters. The number of carboxylic acid groups (broad SMARTS) is 2. The van der Waals surface area contributed by atoms with Crippen LogP contribution in [0.4, 0.5) is 9.93 Å². The number of pyridine rings is 2. The highest BCUT2D eigenvalue weighted by molar-refractivity contribution is 7.22. The van der Waals surface area contributed by atoms with E-state index in [1.807, 2.05) is 35.9 Å². The first kappa shape index (κ1) is 69.8. The molecule has 2 unspecified atom stereocenters. The Hall–Kier alpha value is -9.09. The molecule has 5 fully saturated rings. The van der Waals surface area contributed by atoms with Crippen LogP contribution < -0.4 is 14.8 Å². The molecule has 4 saturated carbocycles. The smallest absolute Gasteiger partial charge is 0.409 e. The number of Topliss-reactive ketones (excluding diaryl/α,β-unsaturated/α-hetero) is 1. The number of likely N-dealkylation sites (N-methyl/N-ethyl adjacent to an activating group) is 1. The van der Waals surface area contributed by atoms with Crippen LogP contribution in [-0.4, -0.2) is 184 Å². The molecule has 26 nitrogen and oxygen atoms in total. The van der Waals surface area contributed by atoms with E-state index in [1.165, 1.54) is 39.4 Å². The average Bonchev–Trinajstić information content (AvgIpc) is 0.802. The lowest BCUT2D eigenvalue weighted by Gasteiger charge is -2.69. The van der Waals surface area contributed by atoms with Gasteiger partial charge >= 0.3 is 18.0 Å². The zero-order chi connectivity index (χ0) is 70.0. The van der Waals surface area contributed by atoms with Crippen molar-refractivity contribution >= 4 is 79.1 Å². The number of unbranched alkanes of at least 4 members (excludes halogenated alkanes) is 2. The van der Waals surface area contributed by atoms with Gasteiger partial charge in [-0.1, -0.05) is 49.8 Å². The number of ether oxygens (including phenoxy) is 6. The Labute approximate surface area is 573 Å². The number of benzene rings is 3. The van der Waals surface area contributed by atoms with E-state index in [9.17, 15) is 59.1 Å². The molecule has 4 aromatic heterocycles. The second kappa shape index (κ2) is 29.0. The molecule has 2 aliphatic heterocycles. The average molecular weight is 1380 g/mol. The molecule has 522 valence electrons. The molecule has 1 saturated heterocycles. The standard InChI is InChI=1S/C72H80N8O18S/c1-42-50(47-18-20-51(75-58(47)64(88)89)43-16-19-52-49(31-43)48(23-24-73-52)63(87)77-67-76-53-13-7-8-14-55(53)99-67)33-74-80(42)41-71-36-69(2)35-70(3,37-71)39-72(38-69,40-71)96-28-26-78(4)68(92)95-34-44-15-17-46(32-54(44)97-66-61(86)59(84)60(85)62(98-66)65(90)91)94-30-29-93-27-10-12-45(81)11-6-5-9-25-79-56(82)21-22-57(79)83/h7-8,13-24,31-33,59-62,66,84-86H,5-6,9-12,25-30,34-41H2,1-4H3,(H,88,89)(H,90,91)(H,76,77,87)/t59-,60-,61+,62-,66+,69?,70?,71?,72?/m0/s1. The Morgan fingerprint density at radius 2 is 1.55 bits per heavy atom. The van der Waals surface area contributed by atoms with E-state index in [1.54, 1.807) is 68.0 Å². The number of hydrogen-bond acceptors (Lipinski definition) is 21. The van der Waals surface area contributed by atoms with Crippen molar-refractivity contribution in [2.24, 2.45) is 16.2 Å². The summed E-state index contributed by atoms with van der Waals surface area (Å²) in [7, 11) is 1.59. The lowest BCUT2D eigenvalue weighted by molar-refractivity contribution is -0.271. The molecule has 4 amide bonds. The van der Waals surface area contributed by atoms with Gasteiger partial charge in [0, 0.05) is 104 Å². The molecule has 13 rings (SSSR count). The Morgan fingerprint density at radius 1 is 0.778 bits per heavy atom. The number of aromatic carboxylic acids is 1. The molecule has 6 heterocycles. The fraction of sp³-hybridized carbons (Fsp3) is 0.458. The fourth-order valence-corrected chi connectivity index (χ4v) is 16.9. The first-order valence-electron chi connectivity index (χ1n) is 33.2. The maximum Gasteiger partial charge on any atom is 0.409 e. The first-order valence-corrected chi connectivity index (χ1v) is 34.0. The summed E-state index contributed by atoms with van der Waals surface area (Å²) in [6.45, 7) is 8.00. The number of aliphatic hydroxyl groups is 3. The summed E-state index contributed by atoms with van der Waals surface area (Å²) in [4.78, 5) is 105. The summed E-state index contributed by atoms with van der Waals surface area (Å²) >= 11 is 1.37. The van der Waals surface area contributed by atoms with Gasteiger partial charge in [-0.05, 0) is 136 Å². The number of carbonyl (C=O) groups is 7. The van der Waals surface area contributed by atoms with Gasteiger partial charge in [0.2, 0.25) is 6.29 Å². The molecule has 7 aromatic rings. The lowest BCUT2D eigenvalue weighted by atomic mass is 9.39. The van der Waals surface area contributed by atoms with Crippen LogP contribution in [0.5, 0.6) is 11.5 Å². The van der Waals surface area contributed by atoms with Crippen LogP contribution in [0.1, 0.15) is 123 Å². The summed E-state index contributed by atoms with van der Waals surface area (Å²) in [5.74, 6) is -3.54. The van der Waals surface area contributed by atoms with E-state index >= 15 is 0 Å². The minimum Gasteiger partial charge on any atom is -0.491 e. The third-order valence-electron chi connectivity index (χ3n) is 19.5. The number of amides is 4. The van der Waals surface area contributed by atoms with Gasteiger partial charge in [0.15, 0.2) is 16.9 Å². The van der Waals surface area contributed by atoms with Crippen molar-refractivity contribution in [2.45, 2.75) is 147 Å². The van der Waals surface area contributed by atoms with Crippen LogP contribution in [0.15, 0.2) is 103 Å². The molecular formula is C72H80N8O18S. The van der Waals surface area contributed by atoms with Crippen LogP contribution in [0.3, 0.4) is 0 Å². The SMILES string of the molecule is Cc1c(-c2ccc(-c3ccc4nccc(C(=O)Nc5nc6ccccc6s5)c4c3)nc2C(=O)O)cnn1CC12CC3(C)CC(C)(C1)CC(OCCN(C)C(=O)OCc1ccc(OCCOCCCC(=O)CCCCCN4C(=O)C=CC4=O)cc1O[C@@H]1O[C@H](C(=O)O)[C@@H](O)[C@H](O)[C@H]1O)(C3)C2. The number of carbonyl (C=O) groups excluding carboxylic acids is 5. The minimum absolute atomic E-state index is 0.0503. The van der Waals surface area contributed by atoms with Crippen LogP contribution in [-0.2, 0) is 51.3 Å². The molecule has 3 aromatic carbocycles.